The lowest BCUT2D eigenvalue weighted by molar-refractivity contribution is 0.0945. The van der Waals surface area contributed by atoms with E-state index in [9.17, 15) is 9.18 Å². The molecule has 0 saturated carbocycles. The number of aromatic nitrogens is 2. The van der Waals surface area contributed by atoms with Crippen LogP contribution in [0.4, 0.5) is 10.2 Å². The van der Waals surface area contributed by atoms with Gasteiger partial charge in [-0.05, 0) is 43.2 Å². The Hall–Kier alpha value is -3.52. The van der Waals surface area contributed by atoms with Crippen LogP contribution in [0.1, 0.15) is 34.5 Å². The van der Waals surface area contributed by atoms with Crippen molar-refractivity contribution in [2.45, 2.75) is 19.4 Å². The van der Waals surface area contributed by atoms with Crippen LogP contribution in [0.15, 0.2) is 54.9 Å². The van der Waals surface area contributed by atoms with Gasteiger partial charge in [-0.2, -0.15) is 0 Å². The summed E-state index contributed by atoms with van der Waals surface area (Å²) in [6, 6.07) is 14.3. The fourth-order valence-corrected chi connectivity index (χ4v) is 4.49. The summed E-state index contributed by atoms with van der Waals surface area (Å²) < 4.78 is 19.3. The minimum Gasteiger partial charge on any atom is -0.439 e. The number of nitrogens with zero attached hydrogens (tertiary/aromatic N) is 4. The Balaban J connectivity index is 1.26. The van der Waals surface area contributed by atoms with Crippen LogP contribution in [0.5, 0.6) is 11.6 Å². The molecule has 0 spiro atoms. The van der Waals surface area contributed by atoms with Gasteiger partial charge >= 0.3 is 0 Å². The molecular weight excluding hydrogens is 421 g/mol. The summed E-state index contributed by atoms with van der Waals surface area (Å²) in [7, 11) is 0. The minimum absolute atomic E-state index is 0.0715. The van der Waals surface area contributed by atoms with E-state index in [0.29, 0.717) is 23.7 Å². The molecule has 1 N–H and O–H groups in total. The molecule has 3 heterocycles. The summed E-state index contributed by atoms with van der Waals surface area (Å²) in [5.41, 5.74) is 2.67. The fraction of sp³-hybridized carbons (Fsp3) is 0.320. The second-order valence-electron chi connectivity index (χ2n) is 8.36. The molecule has 7 nitrogen and oxygen atoms in total. The Morgan fingerprint density at radius 2 is 1.85 bits per heavy atom. The molecule has 33 heavy (non-hydrogen) atoms. The van der Waals surface area contributed by atoms with Gasteiger partial charge in [0.1, 0.15) is 23.7 Å². The number of ether oxygens (including phenoxy) is 1. The van der Waals surface area contributed by atoms with Crippen LogP contribution in [0, 0.1) is 5.82 Å². The predicted octanol–water partition coefficient (Wildman–Crippen LogP) is 3.58. The summed E-state index contributed by atoms with van der Waals surface area (Å²) in [5, 5.41) is 2.86. The van der Waals surface area contributed by atoms with Gasteiger partial charge in [0.25, 0.3) is 5.91 Å². The summed E-state index contributed by atoms with van der Waals surface area (Å²) in [6.07, 6.45) is 2.24. The van der Waals surface area contributed by atoms with E-state index in [-0.39, 0.29) is 17.8 Å². The van der Waals surface area contributed by atoms with Crippen LogP contribution in [0.2, 0.25) is 0 Å². The van der Waals surface area contributed by atoms with E-state index < -0.39 is 0 Å². The average molecular weight is 448 g/mol. The normalized spacial score (nSPS) is 17.3. The van der Waals surface area contributed by atoms with Gasteiger partial charge in [-0.3, -0.25) is 9.69 Å². The minimum atomic E-state index is -0.211. The molecule has 170 valence electrons. The number of hydrogen-bond donors (Lipinski definition) is 1. The molecule has 0 bridgehead atoms. The zero-order valence-corrected chi connectivity index (χ0v) is 18.5. The van der Waals surface area contributed by atoms with Crippen LogP contribution >= 0.6 is 0 Å². The number of hydrogen-bond acceptors (Lipinski definition) is 6. The van der Waals surface area contributed by atoms with Crippen molar-refractivity contribution < 1.29 is 13.9 Å². The third-order valence-electron chi connectivity index (χ3n) is 6.42. The number of nitrogens with one attached hydrogen (secondary N) is 1. The average Bonchev–Trinajstić information content (AvgIpc) is 2.85. The van der Waals surface area contributed by atoms with E-state index in [1.165, 1.54) is 18.5 Å². The summed E-state index contributed by atoms with van der Waals surface area (Å²) in [5.74, 6) is 1.65. The molecule has 8 heteroatoms. The second-order valence-corrected chi connectivity index (χ2v) is 8.36. The summed E-state index contributed by atoms with van der Waals surface area (Å²) in [6.45, 7) is 6.15. The number of rotatable bonds is 5. The highest BCUT2D eigenvalue weighted by molar-refractivity contribution is 5.97. The molecule has 2 aliphatic heterocycles. The number of fused-ring (bicyclic) bond motifs is 1. The number of piperazine rings is 1. The van der Waals surface area contributed by atoms with E-state index in [1.54, 1.807) is 0 Å². The first-order valence-corrected chi connectivity index (χ1v) is 11.2. The Bertz CT molecular complexity index is 1150. The topological polar surface area (TPSA) is 70.6 Å². The van der Waals surface area contributed by atoms with Crippen molar-refractivity contribution >= 4 is 11.7 Å². The molecule has 1 aromatic heterocycles. The van der Waals surface area contributed by atoms with Gasteiger partial charge in [-0.25, -0.2) is 14.4 Å². The quantitative estimate of drug-likeness (QED) is 0.645. The third kappa shape index (κ3) is 4.52. The molecule has 1 amide bonds. The molecule has 3 aromatic rings. The highest BCUT2D eigenvalue weighted by atomic mass is 19.1. The first kappa shape index (κ1) is 21.3. The van der Waals surface area contributed by atoms with Gasteiger partial charge < -0.3 is 15.0 Å². The number of benzene rings is 2. The molecule has 0 radical (unpaired) electrons. The lowest BCUT2D eigenvalue weighted by Crippen LogP contribution is -2.47. The van der Waals surface area contributed by atoms with Crippen molar-refractivity contribution in [1.82, 2.24) is 20.2 Å². The van der Waals surface area contributed by atoms with Gasteiger partial charge in [0.15, 0.2) is 0 Å². The maximum absolute atomic E-state index is 13.2. The number of carbonyl (C=O) groups excluding carboxylic acids is 1. The van der Waals surface area contributed by atoms with Gasteiger partial charge in [0, 0.05) is 56.0 Å². The summed E-state index contributed by atoms with van der Waals surface area (Å²) >= 11 is 0. The van der Waals surface area contributed by atoms with E-state index in [2.05, 4.69) is 32.0 Å². The smallest absolute Gasteiger partial charge is 0.251 e. The Labute approximate surface area is 192 Å². The number of halogens is 1. The Kier molecular flexibility index (Phi) is 5.92. The molecule has 1 saturated heterocycles. The highest BCUT2D eigenvalue weighted by Gasteiger charge is 2.24. The van der Waals surface area contributed by atoms with E-state index >= 15 is 0 Å². The van der Waals surface area contributed by atoms with Crippen molar-refractivity contribution in [3.63, 3.8) is 0 Å². The van der Waals surface area contributed by atoms with Crippen molar-refractivity contribution in [1.29, 1.82) is 0 Å². The molecule has 5 rings (SSSR count). The first-order chi connectivity index (χ1) is 16.1. The zero-order valence-electron chi connectivity index (χ0n) is 18.5. The van der Waals surface area contributed by atoms with Crippen LogP contribution < -0.4 is 15.0 Å². The second kappa shape index (κ2) is 9.15. The van der Waals surface area contributed by atoms with Gasteiger partial charge in [0.05, 0.1) is 0 Å². The number of anilines is 1. The van der Waals surface area contributed by atoms with Crippen LogP contribution in [0.25, 0.3) is 0 Å². The molecule has 0 aliphatic carbocycles. The number of carbonyl (C=O) groups is 1. The van der Waals surface area contributed by atoms with Gasteiger partial charge in [0.2, 0.25) is 5.88 Å². The molecule has 2 aromatic carbocycles. The van der Waals surface area contributed by atoms with Crippen molar-refractivity contribution in [3.8, 4) is 11.6 Å². The van der Waals surface area contributed by atoms with E-state index in [1.807, 2.05) is 36.4 Å². The maximum Gasteiger partial charge on any atom is 0.251 e. The summed E-state index contributed by atoms with van der Waals surface area (Å²) in [4.78, 5) is 25.5. The van der Waals surface area contributed by atoms with E-state index in [4.69, 9.17) is 4.74 Å². The first-order valence-electron chi connectivity index (χ1n) is 11.2. The van der Waals surface area contributed by atoms with Crippen molar-refractivity contribution in [2.75, 3.05) is 37.6 Å². The van der Waals surface area contributed by atoms with Gasteiger partial charge in [-0.1, -0.05) is 18.2 Å². The molecule has 1 fully saturated rings. The van der Waals surface area contributed by atoms with Crippen molar-refractivity contribution in [2.24, 2.45) is 0 Å². The van der Waals surface area contributed by atoms with E-state index in [0.717, 1.165) is 49.5 Å². The molecule has 0 unspecified atom stereocenters. The monoisotopic (exact) mass is 447 g/mol. The Morgan fingerprint density at radius 1 is 1.06 bits per heavy atom. The van der Waals surface area contributed by atoms with Crippen LogP contribution in [0.3, 0.4) is 0 Å². The van der Waals surface area contributed by atoms with Crippen LogP contribution in [-0.2, 0) is 6.42 Å². The SMILES string of the molecule is C[C@H](c1ccc(F)cc1)N1CCN(c2cc(Oc3cccc4c3CCNC4=O)ncn2)CC1. The predicted molar refractivity (Wildman–Crippen MR) is 123 cm³/mol. The lowest BCUT2D eigenvalue weighted by atomic mass is 9.99. The zero-order chi connectivity index (χ0) is 22.8. The third-order valence-corrected chi connectivity index (χ3v) is 6.42. The number of amides is 1. The Morgan fingerprint density at radius 3 is 2.64 bits per heavy atom. The fourth-order valence-electron chi connectivity index (χ4n) is 4.49. The van der Waals surface area contributed by atoms with Gasteiger partial charge in [-0.15, -0.1) is 0 Å². The molecule has 2 aliphatic rings. The maximum atomic E-state index is 13.2. The lowest BCUT2D eigenvalue weighted by Gasteiger charge is -2.38. The molecular formula is C25H26FN5O2. The van der Waals surface area contributed by atoms with Crippen LogP contribution in [-0.4, -0.2) is 53.5 Å². The highest BCUT2D eigenvalue weighted by Crippen LogP contribution is 2.30. The standard InChI is InChI=1S/C25H26FN5O2/c1-17(18-5-7-19(26)8-6-18)30-11-13-31(14-12-30)23-15-24(29-16-28-23)33-22-4-2-3-21-20(22)9-10-27-25(21)32/h2-8,15-17H,9-14H2,1H3,(H,27,32)/t17-/m1/s1. The largest absolute Gasteiger partial charge is 0.439 e. The van der Waals surface area contributed by atoms with Crippen molar-refractivity contribution in [3.05, 3.63) is 77.4 Å². The molecule has 1 atom stereocenters.